The predicted octanol–water partition coefficient (Wildman–Crippen LogP) is 2.09. The lowest BCUT2D eigenvalue weighted by Gasteiger charge is -2.37. The Morgan fingerprint density at radius 1 is 1.24 bits per heavy atom. The SMILES string of the molecule is COC(=O)C1Cc2ccccc2CN1C(=O)NC(C)(C)C. The molecule has 0 aromatic heterocycles. The number of urea groups is 1. The van der Waals surface area contributed by atoms with E-state index >= 15 is 0 Å². The van der Waals surface area contributed by atoms with E-state index in [2.05, 4.69) is 5.32 Å². The molecule has 5 heteroatoms. The first-order valence-electron chi connectivity index (χ1n) is 7.05. The molecule has 5 nitrogen and oxygen atoms in total. The largest absolute Gasteiger partial charge is 0.467 e. The Hall–Kier alpha value is -2.04. The maximum atomic E-state index is 12.5. The van der Waals surface area contributed by atoms with Crippen LogP contribution in [0.4, 0.5) is 4.79 Å². The smallest absolute Gasteiger partial charge is 0.329 e. The van der Waals surface area contributed by atoms with Gasteiger partial charge < -0.3 is 15.0 Å². The highest BCUT2D eigenvalue weighted by Gasteiger charge is 2.36. The second kappa shape index (κ2) is 5.76. The zero-order valence-corrected chi connectivity index (χ0v) is 13.0. The monoisotopic (exact) mass is 290 g/mol. The van der Waals surface area contributed by atoms with Crippen LogP contribution in [0.5, 0.6) is 0 Å². The molecule has 2 rings (SSSR count). The lowest BCUT2D eigenvalue weighted by molar-refractivity contribution is -0.146. The molecule has 1 atom stereocenters. The average Bonchev–Trinajstić information content (AvgIpc) is 2.43. The molecule has 0 spiro atoms. The minimum atomic E-state index is -0.577. The molecule has 1 aliphatic heterocycles. The molecule has 1 unspecified atom stereocenters. The lowest BCUT2D eigenvalue weighted by atomic mass is 9.94. The first-order valence-corrected chi connectivity index (χ1v) is 7.05. The number of methoxy groups -OCH3 is 1. The molecular formula is C16H22N2O3. The molecule has 0 fully saturated rings. The Balaban J connectivity index is 2.28. The topological polar surface area (TPSA) is 58.6 Å². The van der Waals surface area contributed by atoms with Crippen LogP contribution in [0.3, 0.4) is 0 Å². The van der Waals surface area contributed by atoms with E-state index in [0.717, 1.165) is 11.1 Å². The van der Waals surface area contributed by atoms with Crippen LogP contribution in [-0.4, -0.2) is 35.6 Å². The summed E-state index contributed by atoms with van der Waals surface area (Å²) >= 11 is 0. The van der Waals surface area contributed by atoms with Crippen molar-refractivity contribution < 1.29 is 14.3 Å². The van der Waals surface area contributed by atoms with Crippen molar-refractivity contribution in [1.29, 1.82) is 0 Å². The molecule has 1 aromatic carbocycles. The number of carbonyl (C=O) groups is 2. The molecule has 21 heavy (non-hydrogen) atoms. The van der Waals surface area contributed by atoms with Gasteiger partial charge in [0.25, 0.3) is 0 Å². The summed E-state index contributed by atoms with van der Waals surface area (Å²) in [6.07, 6.45) is 0.487. The second-order valence-corrected chi connectivity index (χ2v) is 6.32. The third-order valence-corrected chi connectivity index (χ3v) is 3.46. The van der Waals surface area contributed by atoms with E-state index in [0.29, 0.717) is 13.0 Å². The van der Waals surface area contributed by atoms with Crippen molar-refractivity contribution in [1.82, 2.24) is 10.2 Å². The number of benzene rings is 1. The minimum absolute atomic E-state index is 0.243. The van der Waals surface area contributed by atoms with Gasteiger partial charge in [0.2, 0.25) is 0 Å². The van der Waals surface area contributed by atoms with Crippen molar-refractivity contribution in [3.63, 3.8) is 0 Å². The molecular weight excluding hydrogens is 268 g/mol. The third-order valence-electron chi connectivity index (χ3n) is 3.46. The van der Waals surface area contributed by atoms with E-state index in [1.807, 2.05) is 45.0 Å². The Kier molecular flexibility index (Phi) is 4.21. The van der Waals surface area contributed by atoms with Gasteiger partial charge >= 0.3 is 12.0 Å². The summed E-state index contributed by atoms with van der Waals surface area (Å²) in [4.78, 5) is 26.0. The van der Waals surface area contributed by atoms with Crippen LogP contribution >= 0.6 is 0 Å². The van der Waals surface area contributed by atoms with E-state index < -0.39 is 6.04 Å². The van der Waals surface area contributed by atoms with Crippen molar-refractivity contribution in [2.45, 2.75) is 45.3 Å². The highest BCUT2D eigenvalue weighted by atomic mass is 16.5. The number of amides is 2. The zero-order chi connectivity index (χ0) is 15.6. The number of rotatable bonds is 1. The number of nitrogens with one attached hydrogen (secondary N) is 1. The number of esters is 1. The number of fused-ring (bicyclic) bond motifs is 1. The number of hydrogen-bond donors (Lipinski definition) is 1. The van der Waals surface area contributed by atoms with E-state index in [4.69, 9.17) is 4.74 Å². The molecule has 0 radical (unpaired) electrons. The number of hydrogen-bond acceptors (Lipinski definition) is 3. The maximum Gasteiger partial charge on any atom is 0.329 e. The van der Waals surface area contributed by atoms with Gasteiger partial charge in [-0.3, -0.25) is 0 Å². The first kappa shape index (κ1) is 15.4. The van der Waals surface area contributed by atoms with Crippen LogP contribution in [0.15, 0.2) is 24.3 Å². The Bertz CT molecular complexity index is 549. The van der Waals surface area contributed by atoms with Gasteiger partial charge in [-0.2, -0.15) is 0 Å². The minimum Gasteiger partial charge on any atom is -0.467 e. The fourth-order valence-corrected chi connectivity index (χ4v) is 2.48. The van der Waals surface area contributed by atoms with Crippen LogP contribution in [-0.2, 0) is 22.5 Å². The van der Waals surface area contributed by atoms with E-state index in [1.54, 1.807) is 4.90 Å². The second-order valence-electron chi connectivity index (χ2n) is 6.32. The van der Waals surface area contributed by atoms with Crippen LogP contribution in [0, 0.1) is 0 Å². The number of carbonyl (C=O) groups excluding carboxylic acids is 2. The first-order chi connectivity index (χ1) is 9.81. The summed E-state index contributed by atoms with van der Waals surface area (Å²) in [5, 5.41) is 2.91. The average molecular weight is 290 g/mol. The van der Waals surface area contributed by atoms with Crippen LogP contribution in [0.25, 0.3) is 0 Å². The summed E-state index contributed by atoms with van der Waals surface area (Å²) < 4.78 is 4.85. The van der Waals surface area contributed by atoms with Crippen molar-refractivity contribution in [2.24, 2.45) is 0 Å². The molecule has 1 heterocycles. The van der Waals surface area contributed by atoms with Gasteiger partial charge in [0, 0.05) is 18.5 Å². The fraction of sp³-hybridized carbons (Fsp3) is 0.500. The van der Waals surface area contributed by atoms with Gasteiger partial charge in [0.1, 0.15) is 6.04 Å². The molecule has 0 aliphatic carbocycles. The molecule has 2 amide bonds. The van der Waals surface area contributed by atoms with Gasteiger partial charge in [-0.25, -0.2) is 9.59 Å². The molecule has 1 aliphatic rings. The van der Waals surface area contributed by atoms with E-state index in [9.17, 15) is 9.59 Å². The fourth-order valence-electron chi connectivity index (χ4n) is 2.48. The summed E-state index contributed by atoms with van der Waals surface area (Å²) in [5.74, 6) is -0.381. The number of nitrogens with zero attached hydrogens (tertiary/aromatic N) is 1. The quantitative estimate of drug-likeness (QED) is 0.806. The molecule has 0 saturated heterocycles. The summed E-state index contributed by atoms with van der Waals surface area (Å²) in [6, 6.07) is 7.04. The van der Waals surface area contributed by atoms with Gasteiger partial charge in [-0.15, -0.1) is 0 Å². The Morgan fingerprint density at radius 2 is 1.86 bits per heavy atom. The van der Waals surface area contributed by atoms with E-state index in [-0.39, 0.29) is 17.5 Å². The highest BCUT2D eigenvalue weighted by Crippen LogP contribution is 2.24. The lowest BCUT2D eigenvalue weighted by Crippen LogP contribution is -2.56. The normalized spacial score (nSPS) is 17.9. The number of ether oxygens (including phenoxy) is 1. The van der Waals surface area contributed by atoms with E-state index in [1.165, 1.54) is 7.11 Å². The Labute approximate surface area is 125 Å². The Morgan fingerprint density at radius 3 is 2.43 bits per heavy atom. The van der Waals surface area contributed by atoms with Gasteiger partial charge in [-0.05, 0) is 31.9 Å². The van der Waals surface area contributed by atoms with Crippen molar-refractivity contribution in [3.05, 3.63) is 35.4 Å². The van der Waals surface area contributed by atoms with Crippen molar-refractivity contribution in [3.8, 4) is 0 Å². The predicted molar refractivity (Wildman–Crippen MR) is 79.8 cm³/mol. The highest BCUT2D eigenvalue weighted by molar-refractivity contribution is 5.84. The summed E-state index contributed by atoms with van der Waals surface area (Å²) in [7, 11) is 1.35. The molecule has 1 N–H and O–H groups in total. The van der Waals surface area contributed by atoms with Gasteiger partial charge in [0.15, 0.2) is 0 Å². The van der Waals surface area contributed by atoms with Crippen molar-refractivity contribution in [2.75, 3.05) is 7.11 Å². The summed E-state index contributed by atoms with van der Waals surface area (Å²) in [5.41, 5.74) is 1.81. The maximum absolute atomic E-state index is 12.5. The van der Waals surface area contributed by atoms with Crippen LogP contribution in [0.1, 0.15) is 31.9 Å². The molecule has 114 valence electrons. The zero-order valence-electron chi connectivity index (χ0n) is 13.0. The third kappa shape index (κ3) is 3.54. The molecule has 0 bridgehead atoms. The summed E-state index contributed by atoms with van der Waals surface area (Å²) in [6.45, 7) is 6.15. The van der Waals surface area contributed by atoms with Gasteiger partial charge in [-0.1, -0.05) is 24.3 Å². The van der Waals surface area contributed by atoms with Crippen LogP contribution in [0.2, 0.25) is 0 Å². The molecule has 0 saturated carbocycles. The van der Waals surface area contributed by atoms with Gasteiger partial charge in [0.05, 0.1) is 7.11 Å². The van der Waals surface area contributed by atoms with Crippen molar-refractivity contribution >= 4 is 12.0 Å². The van der Waals surface area contributed by atoms with Crippen LogP contribution < -0.4 is 5.32 Å². The standard InChI is InChI=1S/C16H22N2O3/c1-16(2,3)17-15(20)18-10-12-8-6-5-7-11(12)9-13(18)14(19)21-4/h5-8,13H,9-10H2,1-4H3,(H,17,20). The molecule has 1 aromatic rings.